The fourth-order valence-electron chi connectivity index (χ4n) is 1.73. The van der Waals surface area contributed by atoms with E-state index in [0.29, 0.717) is 0 Å². The molecule has 0 atom stereocenters. The molecule has 0 saturated carbocycles. The minimum Gasteiger partial charge on any atom is -0.366 e. The predicted molar refractivity (Wildman–Crippen MR) is 79.0 cm³/mol. The Bertz CT molecular complexity index is 756. The number of pyridine rings is 1. The van der Waals surface area contributed by atoms with Crippen LogP contribution in [0.2, 0.25) is 0 Å². The summed E-state index contributed by atoms with van der Waals surface area (Å²) in [6.45, 7) is 0. The molecule has 0 saturated heterocycles. The van der Waals surface area contributed by atoms with Gasteiger partial charge in [-0.3, -0.25) is 9.59 Å². The minimum absolute atomic E-state index is 0.0503. The fourth-order valence-corrected chi connectivity index (χ4v) is 2.31. The summed E-state index contributed by atoms with van der Waals surface area (Å²) in [6, 6.07) is 6.04. The van der Waals surface area contributed by atoms with E-state index < -0.39 is 23.4 Å². The van der Waals surface area contributed by atoms with Crippen molar-refractivity contribution in [1.82, 2.24) is 4.98 Å². The number of hydrogen-bond donors (Lipinski definition) is 2. The lowest BCUT2D eigenvalue weighted by Gasteiger charge is -2.09. The Hall–Kier alpha value is -2.55. The molecule has 0 radical (unpaired) electrons. The summed E-state index contributed by atoms with van der Waals surface area (Å²) in [5, 5.41) is 2.21. The third-order valence-electron chi connectivity index (χ3n) is 2.71. The van der Waals surface area contributed by atoms with Crippen LogP contribution in [0.25, 0.3) is 0 Å². The molecular formula is C14H10F3N3O2S. The van der Waals surface area contributed by atoms with Gasteiger partial charge in [-0.1, -0.05) is 0 Å². The number of thioether (sulfide) groups is 1. The van der Waals surface area contributed by atoms with E-state index in [2.05, 4.69) is 10.3 Å². The molecule has 0 aliphatic carbocycles. The van der Waals surface area contributed by atoms with Crippen LogP contribution in [0.4, 0.5) is 18.9 Å². The van der Waals surface area contributed by atoms with Crippen molar-refractivity contribution in [1.29, 1.82) is 0 Å². The van der Waals surface area contributed by atoms with Crippen LogP contribution in [-0.4, -0.2) is 22.6 Å². The summed E-state index contributed by atoms with van der Waals surface area (Å²) in [7, 11) is 0. The lowest BCUT2D eigenvalue weighted by atomic mass is 10.1. The summed E-state index contributed by atoms with van der Waals surface area (Å²) >= 11 is 0.133. The number of hydrogen-bond acceptors (Lipinski definition) is 4. The molecule has 0 unspecified atom stereocenters. The van der Waals surface area contributed by atoms with Gasteiger partial charge in [0, 0.05) is 11.9 Å². The SMILES string of the molecule is NC(=O)c1ccc(NC(=O)c2cccnc2SC(F)F)cc1F. The molecule has 0 spiro atoms. The third kappa shape index (κ3) is 4.22. The smallest absolute Gasteiger partial charge is 0.290 e. The van der Waals surface area contributed by atoms with Gasteiger partial charge in [0.2, 0.25) is 0 Å². The molecule has 0 bridgehead atoms. The number of carbonyl (C=O) groups is 2. The second-order valence-corrected chi connectivity index (χ2v) is 5.23. The fraction of sp³-hybridized carbons (Fsp3) is 0.0714. The molecule has 2 rings (SSSR count). The molecular weight excluding hydrogens is 331 g/mol. The molecule has 1 heterocycles. The zero-order valence-corrected chi connectivity index (χ0v) is 12.2. The van der Waals surface area contributed by atoms with Crippen LogP contribution in [-0.2, 0) is 0 Å². The zero-order chi connectivity index (χ0) is 17.0. The van der Waals surface area contributed by atoms with Crippen molar-refractivity contribution in [2.45, 2.75) is 10.8 Å². The molecule has 120 valence electrons. The molecule has 1 aromatic carbocycles. The van der Waals surface area contributed by atoms with Gasteiger partial charge in [-0.2, -0.15) is 8.78 Å². The van der Waals surface area contributed by atoms with Crippen LogP contribution in [0, 0.1) is 5.82 Å². The maximum absolute atomic E-state index is 13.6. The molecule has 0 fully saturated rings. The number of carbonyl (C=O) groups excluding carboxylic acids is 2. The summed E-state index contributed by atoms with van der Waals surface area (Å²) in [6.07, 6.45) is 1.28. The van der Waals surface area contributed by atoms with E-state index in [1.54, 1.807) is 0 Å². The topological polar surface area (TPSA) is 85.1 Å². The van der Waals surface area contributed by atoms with Crippen LogP contribution in [0.5, 0.6) is 0 Å². The first kappa shape index (κ1) is 16.8. The minimum atomic E-state index is -2.73. The Labute approximate surface area is 133 Å². The lowest BCUT2D eigenvalue weighted by molar-refractivity contribution is 0.0994. The van der Waals surface area contributed by atoms with Gasteiger partial charge in [-0.25, -0.2) is 9.37 Å². The first-order chi connectivity index (χ1) is 10.9. The maximum atomic E-state index is 13.6. The molecule has 2 aromatic rings. The van der Waals surface area contributed by atoms with Gasteiger partial charge in [0.1, 0.15) is 10.8 Å². The van der Waals surface area contributed by atoms with Gasteiger partial charge < -0.3 is 11.1 Å². The van der Waals surface area contributed by atoms with E-state index in [1.165, 1.54) is 24.4 Å². The number of anilines is 1. The summed E-state index contributed by atoms with van der Waals surface area (Å²) in [5.41, 5.74) is 4.63. The summed E-state index contributed by atoms with van der Waals surface area (Å²) in [5.74, 6) is -5.30. The molecule has 2 amide bonds. The zero-order valence-electron chi connectivity index (χ0n) is 11.4. The van der Waals surface area contributed by atoms with Crippen LogP contribution in [0.1, 0.15) is 20.7 Å². The van der Waals surface area contributed by atoms with Crippen LogP contribution >= 0.6 is 11.8 Å². The van der Waals surface area contributed by atoms with Gasteiger partial charge >= 0.3 is 0 Å². The highest BCUT2D eigenvalue weighted by Crippen LogP contribution is 2.27. The number of rotatable bonds is 5. The second kappa shape index (κ2) is 7.14. The average molecular weight is 341 g/mol. The van der Waals surface area contributed by atoms with Gasteiger partial charge in [0.25, 0.3) is 17.6 Å². The Balaban J connectivity index is 2.23. The standard InChI is InChI=1S/C14H10F3N3O2S/c15-10-6-7(3-4-8(10)11(18)21)20-12(22)9-2-1-5-19-13(9)23-14(16)17/h1-6,14H,(H2,18,21)(H,20,22). The molecule has 1 aromatic heterocycles. The van der Waals surface area contributed by atoms with Gasteiger partial charge in [0.15, 0.2) is 0 Å². The third-order valence-corrected chi connectivity index (χ3v) is 3.44. The van der Waals surface area contributed by atoms with Crippen molar-refractivity contribution < 1.29 is 22.8 Å². The predicted octanol–water partition coefficient (Wildman–Crippen LogP) is 2.89. The number of nitrogens with zero attached hydrogens (tertiary/aromatic N) is 1. The first-order valence-corrected chi connectivity index (χ1v) is 7.07. The number of amides is 2. The average Bonchev–Trinajstić information content (AvgIpc) is 2.46. The summed E-state index contributed by atoms with van der Waals surface area (Å²) < 4.78 is 38.6. The normalized spacial score (nSPS) is 10.6. The highest BCUT2D eigenvalue weighted by Gasteiger charge is 2.17. The quantitative estimate of drug-likeness (QED) is 0.819. The van der Waals surface area contributed by atoms with Gasteiger partial charge in [-0.15, -0.1) is 0 Å². The Kier molecular flexibility index (Phi) is 5.22. The molecule has 0 aliphatic rings. The van der Waals surface area contributed by atoms with Crippen molar-refractivity contribution in [3.05, 3.63) is 53.5 Å². The van der Waals surface area contributed by atoms with E-state index in [-0.39, 0.29) is 33.6 Å². The molecule has 9 heteroatoms. The van der Waals surface area contributed by atoms with Gasteiger partial charge in [0.05, 0.1) is 11.1 Å². The van der Waals surface area contributed by atoms with E-state index in [4.69, 9.17) is 5.73 Å². The molecule has 3 N–H and O–H groups in total. The molecule has 0 aliphatic heterocycles. The van der Waals surface area contributed by atoms with Crippen molar-refractivity contribution in [2.24, 2.45) is 5.73 Å². The Morgan fingerprint density at radius 2 is 1.96 bits per heavy atom. The number of nitrogens with two attached hydrogens (primary N) is 1. The Morgan fingerprint density at radius 3 is 2.57 bits per heavy atom. The van der Waals surface area contributed by atoms with Crippen molar-refractivity contribution in [2.75, 3.05) is 5.32 Å². The number of nitrogens with one attached hydrogen (secondary N) is 1. The van der Waals surface area contributed by atoms with E-state index in [9.17, 15) is 22.8 Å². The van der Waals surface area contributed by atoms with Crippen molar-refractivity contribution in [3.8, 4) is 0 Å². The highest BCUT2D eigenvalue weighted by molar-refractivity contribution is 7.99. The number of primary amides is 1. The lowest BCUT2D eigenvalue weighted by Crippen LogP contribution is -2.16. The Morgan fingerprint density at radius 1 is 1.22 bits per heavy atom. The van der Waals surface area contributed by atoms with Crippen LogP contribution < -0.4 is 11.1 Å². The van der Waals surface area contributed by atoms with Crippen molar-refractivity contribution >= 4 is 29.3 Å². The number of alkyl halides is 2. The number of benzene rings is 1. The van der Waals surface area contributed by atoms with Crippen LogP contribution in [0.15, 0.2) is 41.6 Å². The first-order valence-electron chi connectivity index (χ1n) is 6.19. The summed E-state index contributed by atoms with van der Waals surface area (Å²) in [4.78, 5) is 26.8. The van der Waals surface area contributed by atoms with E-state index in [0.717, 1.165) is 12.1 Å². The van der Waals surface area contributed by atoms with Crippen molar-refractivity contribution in [3.63, 3.8) is 0 Å². The largest absolute Gasteiger partial charge is 0.366 e. The monoisotopic (exact) mass is 341 g/mol. The second-order valence-electron chi connectivity index (χ2n) is 4.25. The van der Waals surface area contributed by atoms with E-state index in [1.807, 2.05) is 0 Å². The van der Waals surface area contributed by atoms with Gasteiger partial charge in [-0.05, 0) is 42.1 Å². The molecule has 23 heavy (non-hydrogen) atoms. The molecule has 5 nitrogen and oxygen atoms in total. The number of halogens is 3. The van der Waals surface area contributed by atoms with Crippen LogP contribution in [0.3, 0.4) is 0 Å². The maximum Gasteiger partial charge on any atom is 0.290 e. The number of aromatic nitrogens is 1. The highest BCUT2D eigenvalue weighted by atomic mass is 32.2. The van der Waals surface area contributed by atoms with E-state index >= 15 is 0 Å².